The molecule has 0 aliphatic heterocycles. The number of carbonyl (C=O) groups excluding carboxylic acids is 1. The van der Waals surface area contributed by atoms with E-state index < -0.39 is 10.0 Å². The van der Waals surface area contributed by atoms with Gasteiger partial charge in [0.15, 0.2) is 5.84 Å². The molecule has 0 atom stereocenters. The van der Waals surface area contributed by atoms with Gasteiger partial charge in [-0.15, -0.1) is 4.40 Å². The Labute approximate surface area is 123 Å². The Morgan fingerprint density at radius 3 is 2.00 bits per heavy atom. The molecule has 2 rings (SSSR count). The lowest BCUT2D eigenvalue weighted by Crippen LogP contribution is -2.30. The van der Waals surface area contributed by atoms with E-state index in [-0.39, 0.29) is 16.6 Å². The van der Waals surface area contributed by atoms with Crippen molar-refractivity contribution >= 4 is 21.8 Å². The molecular formula is C15H14N2O3S. The summed E-state index contributed by atoms with van der Waals surface area (Å²) in [5, 5.41) is 2.45. The van der Waals surface area contributed by atoms with Crippen LogP contribution in [0.5, 0.6) is 0 Å². The molecule has 2 aromatic rings. The molecule has 108 valence electrons. The summed E-state index contributed by atoms with van der Waals surface area (Å²) < 4.78 is 28.3. The maximum absolute atomic E-state index is 12.3. The van der Waals surface area contributed by atoms with E-state index in [0.29, 0.717) is 5.56 Å². The second-order valence-corrected chi connectivity index (χ2v) is 5.88. The number of nitrogens with one attached hydrogen (secondary N) is 1. The van der Waals surface area contributed by atoms with E-state index >= 15 is 0 Å². The van der Waals surface area contributed by atoms with Crippen molar-refractivity contribution in [1.82, 2.24) is 5.32 Å². The highest BCUT2D eigenvalue weighted by molar-refractivity contribution is 7.90. The van der Waals surface area contributed by atoms with Gasteiger partial charge >= 0.3 is 0 Å². The van der Waals surface area contributed by atoms with Gasteiger partial charge in [-0.2, -0.15) is 8.42 Å². The molecule has 0 saturated heterocycles. The summed E-state index contributed by atoms with van der Waals surface area (Å²) in [5.74, 6) is -0.382. The third kappa shape index (κ3) is 4.00. The maximum atomic E-state index is 12.3. The topological polar surface area (TPSA) is 75.6 Å². The van der Waals surface area contributed by atoms with Gasteiger partial charge in [-0.3, -0.25) is 4.79 Å². The molecule has 5 nitrogen and oxygen atoms in total. The second kappa shape index (κ2) is 6.32. The van der Waals surface area contributed by atoms with Crippen LogP contribution in [0, 0.1) is 0 Å². The number of hydrogen-bond donors (Lipinski definition) is 1. The number of rotatable bonds is 3. The smallest absolute Gasteiger partial charge is 0.284 e. The summed E-state index contributed by atoms with van der Waals surface area (Å²) >= 11 is 0. The van der Waals surface area contributed by atoms with Crippen molar-refractivity contribution in [3.05, 3.63) is 66.2 Å². The number of hydrogen-bond acceptors (Lipinski definition) is 3. The summed E-state index contributed by atoms with van der Waals surface area (Å²) in [6, 6.07) is 16.5. The van der Waals surface area contributed by atoms with Crippen LogP contribution in [0.1, 0.15) is 12.5 Å². The maximum Gasteiger partial charge on any atom is 0.284 e. The quantitative estimate of drug-likeness (QED) is 0.695. The molecule has 0 bridgehead atoms. The molecular weight excluding hydrogens is 288 g/mol. The first-order valence-electron chi connectivity index (χ1n) is 6.22. The van der Waals surface area contributed by atoms with Gasteiger partial charge in [-0.25, -0.2) is 0 Å². The zero-order valence-corrected chi connectivity index (χ0v) is 12.2. The number of nitrogens with zero attached hydrogens (tertiary/aromatic N) is 1. The Bertz CT molecular complexity index is 754. The summed E-state index contributed by atoms with van der Waals surface area (Å²) in [6.45, 7) is 1.30. The fraction of sp³-hybridized carbons (Fsp3) is 0.0667. The van der Waals surface area contributed by atoms with Crippen LogP contribution < -0.4 is 5.32 Å². The highest BCUT2D eigenvalue weighted by atomic mass is 32.2. The molecule has 1 amide bonds. The van der Waals surface area contributed by atoms with E-state index in [1.165, 1.54) is 19.1 Å². The SMILES string of the molecule is CC(=O)NC(=NS(=O)(=O)c1ccccc1)c1ccccc1. The molecule has 0 aromatic heterocycles. The normalized spacial score (nSPS) is 12.0. The number of carbonyl (C=O) groups is 1. The van der Waals surface area contributed by atoms with E-state index in [4.69, 9.17) is 0 Å². The molecule has 6 heteroatoms. The van der Waals surface area contributed by atoms with Gasteiger partial charge in [0.05, 0.1) is 4.90 Å². The van der Waals surface area contributed by atoms with Gasteiger partial charge in [-0.1, -0.05) is 48.5 Å². The highest BCUT2D eigenvalue weighted by Gasteiger charge is 2.15. The molecule has 0 heterocycles. The van der Waals surface area contributed by atoms with Gasteiger partial charge in [0.1, 0.15) is 0 Å². The fourth-order valence-electron chi connectivity index (χ4n) is 1.68. The van der Waals surface area contributed by atoms with Gasteiger partial charge in [-0.05, 0) is 12.1 Å². The standard InChI is InChI=1S/C15H14N2O3S/c1-12(18)16-15(13-8-4-2-5-9-13)17-21(19,20)14-10-6-3-7-11-14/h2-11H,1H3,(H,16,17,18). The third-order valence-corrected chi connectivity index (χ3v) is 3.89. The van der Waals surface area contributed by atoms with Crippen molar-refractivity contribution in [2.75, 3.05) is 0 Å². The van der Waals surface area contributed by atoms with E-state index in [1.807, 2.05) is 0 Å². The Hall–Kier alpha value is -2.47. The number of benzene rings is 2. The minimum absolute atomic E-state index is 0.00644. The van der Waals surface area contributed by atoms with Crippen LogP contribution in [0.2, 0.25) is 0 Å². The largest absolute Gasteiger partial charge is 0.310 e. The van der Waals surface area contributed by atoms with Crippen LogP contribution in [-0.2, 0) is 14.8 Å². The first kappa shape index (κ1) is 14.9. The minimum Gasteiger partial charge on any atom is -0.310 e. The average Bonchev–Trinajstić information content (AvgIpc) is 2.48. The lowest BCUT2D eigenvalue weighted by Gasteiger charge is -2.07. The van der Waals surface area contributed by atoms with E-state index in [9.17, 15) is 13.2 Å². The fourth-order valence-corrected chi connectivity index (χ4v) is 2.67. The van der Waals surface area contributed by atoms with Crippen LogP contribution in [0.4, 0.5) is 0 Å². The van der Waals surface area contributed by atoms with Crippen molar-refractivity contribution in [2.24, 2.45) is 4.40 Å². The minimum atomic E-state index is -3.88. The van der Waals surface area contributed by atoms with Gasteiger partial charge < -0.3 is 5.32 Å². The van der Waals surface area contributed by atoms with Gasteiger partial charge in [0.25, 0.3) is 10.0 Å². The Balaban J connectivity index is 2.48. The van der Waals surface area contributed by atoms with Crippen LogP contribution >= 0.6 is 0 Å². The third-order valence-electron chi connectivity index (χ3n) is 2.59. The van der Waals surface area contributed by atoms with Crippen molar-refractivity contribution in [3.8, 4) is 0 Å². The summed E-state index contributed by atoms with van der Waals surface area (Å²) in [5.41, 5.74) is 0.521. The summed E-state index contributed by atoms with van der Waals surface area (Å²) in [6.07, 6.45) is 0. The Morgan fingerprint density at radius 2 is 1.48 bits per heavy atom. The molecule has 0 saturated carbocycles. The molecule has 0 spiro atoms. The molecule has 0 fully saturated rings. The van der Waals surface area contributed by atoms with Crippen LogP contribution in [0.25, 0.3) is 0 Å². The number of sulfonamides is 1. The van der Waals surface area contributed by atoms with Gasteiger partial charge in [0, 0.05) is 12.5 Å². The first-order valence-corrected chi connectivity index (χ1v) is 7.66. The van der Waals surface area contributed by atoms with Crippen molar-refractivity contribution in [2.45, 2.75) is 11.8 Å². The summed E-state index contributed by atoms with van der Waals surface area (Å²) in [4.78, 5) is 11.3. The lowest BCUT2D eigenvalue weighted by molar-refractivity contribution is -0.117. The highest BCUT2D eigenvalue weighted by Crippen LogP contribution is 2.13. The van der Waals surface area contributed by atoms with Crippen LogP contribution in [0.3, 0.4) is 0 Å². The van der Waals surface area contributed by atoms with E-state index in [2.05, 4.69) is 9.71 Å². The molecule has 2 aromatic carbocycles. The van der Waals surface area contributed by atoms with Crippen LogP contribution in [-0.4, -0.2) is 20.2 Å². The Kier molecular flexibility index (Phi) is 4.49. The van der Waals surface area contributed by atoms with Crippen molar-refractivity contribution in [1.29, 1.82) is 0 Å². The predicted octanol–water partition coefficient (Wildman–Crippen LogP) is 1.96. The molecule has 0 aliphatic carbocycles. The van der Waals surface area contributed by atoms with Crippen LogP contribution in [0.15, 0.2) is 70.0 Å². The zero-order chi connectivity index (χ0) is 15.3. The van der Waals surface area contributed by atoms with E-state index in [1.54, 1.807) is 48.5 Å². The van der Waals surface area contributed by atoms with Crippen molar-refractivity contribution < 1.29 is 13.2 Å². The number of amidine groups is 1. The molecule has 0 unspecified atom stereocenters. The number of amides is 1. The molecule has 0 aliphatic rings. The summed E-state index contributed by atoms with van der Waals surface area (Å²) in [7, 11) is -3.88. The Morgan fingerprint density at radius 1 is 0.952 bits per heavy atom. The molecule has 1 N–H and O–H groups in total. The average molecular weight is 302 g/mol. The molecule has 21 heavy (non-hydrogen) atoms. The molecule has 0 radical (unpaired) electrons. The zero-order valence-electron chi connectivity index (χ0n) is 11.4. The first-order chi connectivity index (χ1) is 9.99. The van der Waals surface area contributed by atoms with Gasteiger partial charge in [0.2, 0.25) is 5.91 Å². The van der Waals surface area contributed by atoms with E-state index in [0.717, 1.165) is 0 Å². The predicted molar refractivity (Wildman–Crippen MR) is 80.4 cm³/mol. The van der Waals surface area contributed by atoms with Crippen molar-refractivity contribution in [3.63, 3.8) is 0 Å². The second-order valence-electron chi connectivity index (χ2n) is 4.28. The monoisotopic (exact) mass is 302 g/mol. The lowest BCUT2D eigenvalue weighted by atomic mass is 10.2.